The molecule has 0 saturated carbocycles. The van der Waals surface area contributed by atoms with Crippen molar-refractivity contribution >= 4 is 23.2 Å². The van der Waals surface area contributed by atoms with Crippen molar-refractivity contribution in [1.82, 2.24) is 15.1 Å². The Morgan fingerprint density at radius 1 is 1.06 bits per heavy atom. The summed E-state index contributed by atoms with van der Waals surface area (Å²) in [6.07, 6.45) is 3.45. The molecule has 1 amide bonds. The zero-order chi connectivity index (χ0) is 23.4. The molecule has 0 bridgehead atoms. The van der Waals surface area contributed by atoms with E-state index < -0.39 is 0 Å². The van der Waals surface area contributed by atoms with Crippen LogP contribution < -0.4 is 24.8 Å². The maximum atomic E-state index is 13.4. The SMILES string of the molecule is COc1ccc(-n2ncc(C(=O)Nc3cc(Cl)c(OC)cc3OC)c2C2CCNCC2)cc1. The smallest absolute Gasteiger partial charge is 0.259 e. The van der Waals surface area contributed by atoms with Gasteiger partial charge in [-0.3, -0.25) is 4.79 Å². The number of piperidine rings is 1. The molecule has 1 fully saturated rings. The van der Waals surface area contributed by atoms with Gasteiger partial charge in [0.2, 0.25) is 0 Å². The van der Waals surface area contributed by atoms with E-state index in [2.05, 4.69) is 15.7 Å². The van der Waals surface area contributed by atoms with Gasteiger partial charge in [-0.25, -0.2) is 4.68 Å². The van der Waals surface area contributed by atoms with Gasteiger partial charge >= 0.3 is 0 Å². The molecule has 8 nitrogen and oxygen atoms in total. The van der Waals surface area contributed by atoms with Crippen LogP contribution in [0, 0.1) is 0 Å². The van der Waals surface area contributed by atoms with Gasteiger partial charge in [-0.2, -0.15) is 5.10 Å². The van der Waals surface area contributed by atoms with Crippen LogP contribution in [0.2, 0.25) is 5.02 Å². The fourth-order valence-corrected chi connectivity index (χ4v) is 4.34. The van der Waals surface area contributed by atoms with Crippen molar-refractivity contribution in [1.29, 1.82) is 0 Å². The molecule has 1 aliphatic rings. The number of carbonyl (C=O) groups is 1. The van der Waals surface area contributed by atoms with E-state index in [-0.39, 0.29) is 11.8 Å². The average molecular weight is 471 g/mol. The van der Waals surface area contributed by atoms with Gasteiger partial charge in [0.05, 0.1) is 55.2 Å². The first-order valence-corrected chi connectivity index (χ1v) is 11.1. The van der Waals surface area contributed by atoms with Crippen molar-refractivity contribution in [3.8, 4) is 22.9 Å². The number of rotatable bonds is 7. The molecule has 4 rings (SSSR count). The van der Waals surface area contributed by atoms with Gasteiger partial charge in [0.25, 0.3) is 5.91 Å². The lowest BCUT2D eigenvalue weighted by molar-refractivity contribution is 0.102. The Labute approximate surface area is 197 Å². The Bertz CT molecular complexity index is 1120. The summed E-state index contributed by atoms with van der Waals surface area (Å²) >= 11 is 6.28. The lowest BCUT2D eigenvalue weighted by Crippen LogP contribution is -2.29. The first kappa shape index (κ1) is 22.9. The van der Waals surface area contributed by atoms with Crippen molar-refractivity contribution in [3.05, 3.63) is 58.9 Å². The molecular formula is C24H27ClN4O4. The number of methoxy groups -OCH3 is 3. The highest BCUT2D eigenvalue weighted by Gasteiger charge is 2.27. The molecule has 9 heteroatoms. The number of hydrogen-bond acceptors (Lipinski definition) is 6. The summed E-state index contributed by atoms with van der Waals surface area (Å²) in [6, 6.07) is 10.9. The molecule has 3 aromatic rings. The monoisotopic (exact) mass is 470 g/mol. The van der Waals surface area contributed by atoms with E-state index in [1.54, 1.807) is 25.4 Å². The van der Waals surface area contributed by atoms with Crippen molar-refractivity contribution in [2.45, 2.75) is 18.8 Å². The van der Waals surface area contributed by atoms with Crippen molar-refractivity contribution < 1.29 is 19.0 Å². The van der Waals surface area contributed by atoms with E-state index in [1.807, 2.05) is 28.9 Å². The Balaban J connectivity index is 1.72. The Morgan fingerprint density at radius 2 is 1.76 bits per heavy atom. The third-order valence-electron chi connectivity index (χ3n) is 5.82. The van der Waals surface area contributed by atoms with Gasteiger partial charge in [-0.05, 0) is 56.3 Å². The second-order valence-corrected chi connectivity index (χ2v) is 8.13. The van der Waals surface area contributed by atoms with Gasteiger partial charge in [0.15, 0.2) is 0 Å². The van der Waals surface area contributed by atoms with Gasteiger partial charge in [-0.15, -0.1) is 0 Å². The fourth-order valence-electron chi connectivity index (χ4n) is 4.10. The largest absolute Gasteiger partial charge is 0.497 e. The molecule has 0 spiro atoms. The fraction of sp³-hybridized carbons (Fsp3) is 0.333. The summed E-state index contributed by atoms with van der Waals surface area (Å²) in [6.45, 7) is 1.78. The van der Waals surface area contributed by atoms with Gasteiger partial charge in [0, 0.05) is 12.0 Å². The van der Waals surface area contributed by atoms with Crippen LogP contribution >= 0.6 is 11.6 Å². The number of halogens is 1. The number of hydrogen-bond donors (Lipinski definition) is 2. The normalized spacial score (nSPS) is 14.1. The van der Waals surface area contributed by atoms with Crippen LogP contribution in [0.5, 0.6) is 17.2 Å². The molecular weight excluding hydrogens is 444 g/mol. The number of nitrogens with one attached hydrogen (secondary N) is 2. The van der Waals surface area contributed by atoms with E-state index in [9.17, 15) is 4.79 Å². The molecule has 174 valence electrons. The predicted octanol–water partition coefficient (Wildman–Crippen LogP) is 4.27. The summed E-state index contributed by atoms with van der Waals surface area (Å²) in [5.41, 5.74) is 2.74. The second-order valence-electron chi connectivity index (χ2n) is 7.72. The quantitative estimate of drug-likeness (QED) is 0.536. The summed E-state index contributed by atoms with van der Waals surface area (Å²) in [7, 11) is 4.68. The van der Waals surface area contributed by atoms with Crippen LogP contribution in [-0.2, 0) is 0 Å². The maximum absolute atomic E-state index is 13.4. The standard InChI is InChI=1S/C24H27ClN4O4/c1-31-17-6-4-16(5-7-17)29-23(15-8-10-26-11-9-15)18(14-27-29)24(30)28-20-12-19(25)21(32-2)13-22(20)33-3/h4-7,12-15,26H,8-11H2,1-3H3,(H,28,30). The van der Waals surface area contributed by atoms with Crippen molar-refractivity contribution in [3.63, 3.8) is 0 Å². The van der Waals surface area contributed by atoms with E-state index in [4.69, 9.17) is 25.8 Å². The average Bonchev–Trinajstić information content (AvgIpc) is 3.30. The van der Waals surface area contributed by atoms with Crippen LogP contribution in [-0.4, -0.2) is 50.1 Å². The minimum atomic E-state index is -0.275. The number of aromatic nitrogens is 2. The molecule has 0 unspecified atom stereocenters. The zero-order valence-electron chi connectivity index (χ0n) is 18.9. The minimum Gasteiger partial charge on any atom is -0.497 e. The molecule has 0 radical (unpaired) electrons. The number of benzene rings is 2. The maximum Gasteiger partial charge on any atom is 0.259 e. The summed E-state index contributed by atoms with van der Waals surface area (Å²) in [5, 5.41) is 11.3. The van der Waals surface area contributed by atoms with E-state index in [0.717, 1.165) is 43.1 Å². The topological polar surface area (TPSA) is 86.6 Å². The molecule has 33 heavy (non-hydrogen) atoms. The molecule has 1 aromatic heterocycles. The number of nitrogens with zero attached hydrogens (tertiary/aromatic N) is 2. The zero-order valence-corrected chi connectivity index (χ0v) is 19.6. The molecule has 1 saturated heterocycles. The Kier molecular flexibility index (Phi) is 7.05. The lowest BCUT2D eigenvalue weighted by Gasteiger charge is -2.25. The summed E-state index contributed by atoms with van der Waals surface area (Å²) in [4.78, 5) is 13.4. The first-order valence-electron chi connectivity index (χ1n) is 10.7. The first-order chi connectivity index (χ1) is 16.0. The number of anilines is 1. The minimum absolute atomic E-state index is 0.193. The van der Waals surface area contributed by atoms with Crippen LogP contribution in [0.25, 0.3) is 5.69 Å². The van der Waals surface area contributed by atoms with E-state index >= 15 is 0 Å². The van der Waals surface area contributed by atoms with Crippen LogP contribution in [0.1, 0.15) is 34.8 Å². The summed E-state index contributed by atoms with van der Waals surface area (Å²) in [5.74, 6) is 1.60. The van der Waals surface area contributed by atoms with Gasteiger partial charge in [-0.1, -0.05) is 11.6 Å². The third kappa shape index (κ3) is 4.77. The highest BCUT2D eigenvalue weighted by molar-refractivity contribution is 6.32. The lowest BCUT2D eigenvalue weighted by atomic mass is 9.91. The Morgan fingerprint density at radius 3 is 2.39 bits per heavy atom. The molecule has 1 aliphatic heterocycles. The molecule has 0 aliphatic carbocycles. The number of ether oxygens (including phenoxy) is 3. The van der Waals surface area contributed by atoms with Crippen molar-refractivity contribution in [2.75, 3.05) is 39.7 Å². The van der Waals surface area contributed by atoms with Crippen LogP contribution in [0.15, 0.2) is 42.6 Å². The highest BCUT2D eigenvalue weighted by Crippen LogP contribution is 2.37. The Hall–Kier alpha value is -3.23. The molecule has 2 aromatic carbocycles. The van der Waals surface area contributed by atoms with E-state index in [1.165, 1.54) is 14.2 Å². The molecule has 0 atom stereocenters. The van der Waals surface area contributed by atoms with Gasteiger partial charge in [0.1, 0.15) is 17.2 Å². The van der Waals surface area contributed by atoms with Gasteiger partial charge < -0.3 is 24.8 Å². The van der Waals surface area contributed by atoms with Crippen LogP contribution in [0.3, 0.4) is 0 Å². The number of carbonyl (C=O) groups excluding carboxylic acids is 1. The molecule has 2 heterocycles. The third-order valence-corrected chi connectivity index (χ3v) is 6.11. The van der Waals surface area contributed by atoms with Crippen molar-refractivity contribution in [2.24, 2.45) is 0 Å². The van der Waals surface area contributed by atoms with Crippen LogP contribution in [0.4, 0.5) is 5.69 Å². The number of amides is 1. The molecule has 2 N–H and O–H groups in total. The predicted molar refractivity (Wildman–Crippen MR) is 127 cm³/mol. The summed E-state index contributed by atoms with van der Waals surface area (Å²) < 4.78 is 17.8. The second kappa shape index (κ2) is 10.1. The highest BCUT2D eigenvalue weighted by atomic mass is 35.5. The van der Waals surface area contributed by atoms with E-state index in [0.29, 0.717) is 27.8 Å².